The van der Waals surface area contributed by atoms with E-state index in [1.54, 1.807) is 0 Å². The van der Waals surface area contributed by atoms with E-state index in [4.69, 9.17) is 16.3 Å². The normalized spacial score (nSPS) is 11.1. The first-order chi connectivity index (χ1) is 16.5. The molecule has 0 aliphatic carbocycles. The Kier molecular flexibility index (Phi) is 7.44. The Morgan fingerprint density at radius 2 is 1.71 bits per heavy atom. The lowest BCUT2D eigenvalue weighted by atomic mass is 10.0. The van der Waals surface area contributed by atoms with Crippen molar-refractivity contribution in [2.75, 3.05) is 19.5 Å². The van der Waals surface area contributed by atoms with E-state index in [1.165, 1.54) is 6.07 Å². The first kappa shape index (κ1) is 25.7. The van der Waals surface area contributed by atoms with Crippen molar-refractivity contribution < 1.29 is 45.8 Å². The van der Waals surface area contributed by atoms with Gasteiger partial charge in [-0.25, -0.2) is 18.6 Å². The van der Waals surface area contributed by atoms with Crippen LogP contribution in [0.25, 0.3) is 0 Å². The van der Waals surface area contributed by atoms with E-state index in [9.17, 15) is 27.2 Å². The highest BCUT2D eigenvalue weighted by Gasteiger charge is 2.41. The quantitative estimate of drug-likeness (QED) is 0.326. The smallest absolute Gasteiger partial charge is 0.422 e. The van der Waals surface area contributed by atoms with Gasteiger partial charge in [0, 0.05) is 18.0 Å². The van der Waals surface area contributed by atoms with Gasteiger partial charge in [-0.15, -0.1) is 0 Å². The van der Waals surface area contributed by atoms with Gasteiger partial charge in [0.25, 0.3) is 5.91 Å². The van der Waals surface area contributed by atoms with Crippen molar-refractivity contribution in [3.63, 3.8) is 0 Å². The lowest BCUT2D eigenvalue weighted by molar-refractivity contribution is -0.141. The van der Waals surface area contributed by atoms with Crippen LogP contribution in [-0.4, -0.2) is 31.1 Å². The number of pyridine rings is 1. The largest absolute Gasteiger partial charge is 0.496 e. The summed E-state index contributed by atoms with van der Waals surface area (Å²) in [6.07, 6.45) is -4.13. The zero-order valence-electron chi connectivity index (χ0n) is 17.8. The van der Waals surface area contributed by atoms with Gasteiger partial charge < -0.3 is 19.5 Å². The molecule has 1 heterocycles. The standard InChI is InChI=1S/C22H14ClF5N2O5/c1-33-16-9-15(35-14-4-3-10(24)7-12(14)23)17(19(25)18(16)22(26,27)28)20(31)30-11-5-6-29-13(8-11)21(32)34-2/h3-9H,1-2H3,(H,29,30,31). The topological polar surface area (TPSA) is 86.8 Å². The molecule has 35 heavy (non-hydrogen) atoms. The van der Waals surface area contributed by atoms with Gasteiger partial charge in [0.1, 0.15) is 39.9 Å². The Labute approximate surface area is 199 Å². The second-order valence-electron chi connectivity index (χ2n) is 6.69. The highest BCUT2D eigenvalue weighted by molar-refractivity contribution is 6.32. The van der Waals surface area contributed by atoms with Gasteiger partial charge >= 0.3 is 12.1 Å². The molecule has 1 N–H and O–H groups in total. The third kappa shape index (κ3) is 5.60. The summed E-state index contributed by atoms with van der Waals surface area (Å²) in [5.74, 6) is -6.92. The molecule has 0 saturated heterocycles. The number of carbonyl (C=O) groups is 2. The summed E-state index contributed by atoms with van der Waals surface area (Å²) in [5.41, 5.74) is -3.35. The van der Waals surface area contributed by atoms with Crippen LogP contribution >= 0.6 is 11.6 Å². The van der Waals surface area contributed by atoms with Crippen LogP contribution < -0.4 is 14.8 Å². The van der Waals surface area contributed by atoms with Crippen molar-refractivity contribution in [1.29, 1.82) is 0 Å². The highest BCUT2D eigenvalue weighted by atomic mass is 35.5. The lowest BCUT2D eigenvalue weighted by Crippen LogP contribution is -2.20. The molecule has 3 rings (SSSR count). The van der Waals surface area contributed by atoms with Crippen LogP contribution in [-0.2, 0) is 10.9 Å². The van der Waals surface area contributed by atoms with Gasteiger partial charge in [-0.1, -0.05) is 11.6 Å². The Bertz CT molecular complexity index is 1300. The molecule has 0 aliphatic heterocycles. The number of hydrogen-bond acceptors (Lipinski definition) is 6. The number of amides is 1. The first-order valence-corrected chi connectivity index (χ1v) is 9.80. The molecule has 0 spiro atoms. The van der Waals surface area contributed by atoms with Crippen LogP contribution in [0.3, 0.4) is 0 Å². The molecule has 0 fully saturated rings. The molecule has 1 amide bonds. The SMILES string of the molecule is COC(=O)c1cc(NC(=O)c2c(Oc3ccc(F)cc3Cl)cc(OC)c(C(F)(F)F)c2F)ccn1. The van der Waals surface area contributed by atoms with Crippen LogP contribution in [0.15, 0.2) is 42.6 Å². The fraction of sp³-hybridized carbons (Fsp3) is 0.136. The third-order valence-corrected chi connectivity index (χ3v) is 4.75. The summed E-state index contributed by atoms with van der Waals surface area (Å²) >= 11 is 5.90. The van der Waals surface area contributed by atoms with E-state index in [0.717, 1.165) is 44.7 Å². The average molecular weight is 517 g/mol. The van der Waals surface area contributed by atoms with Crippen molar-refractivity contribution in [3.8, 4) is 17.2 Å². The van der Waals surface area contributed by atoms with E-state index >= 15 is 4.39 Å². The summed E-state index contributed by atoms with van der Waals surface area (Å²) in [4.78, 5) is 28.3. The Hall–Kier alpha value is -3.93. The molecule has 13 heteroatoms. The number of aromatic nitrogens is 1. The number of alkyl halides is 3. The Morgan fingerprint density at radius 1 is 1.00 bits per heavy atom. The summed E-state index contributed by atoms with van der Waals surface area (Å²) in [5, 5.41) is 1.88. The van der Waals surface area contributed by atoms with Crippen LogP contribution in [0, 0.1) is 11.6 Å². The molecule has 7 nitrogen and oxygen atoms in total. The molecular formula is C22H14ClF5N2O5. The molecule has 1 aromatic heterocycles. The monoisotopic (exact) mass is 516 g/mol. The zero-order valence-corrected chi connectivity index (χ0v) is 18.6. The second-order valence-corrected chi connectivity index (χ2v) is 7.10. The third-order valence-electron chi connectivity index (χ3n) is 4.45. The van der Waals surface area contributed by atoms with Crippen LogP contribution in [0.1, 0.15) is 26.4 Å². The summed E-state index contributed by atoms with van der Waals surface area (Å²) < 4.78 is 84.0. The maximum atomic E-state index is 15.2. The first-order valence-electron chi connectivity index (χ1n) is 9.42. The predicted octanol–water partition coefficient (Wildman–Crippen LogP) is 5.87. The van der Waals surface area contributed by atoms with Crippen molar-refractivity contribution in [2.45, 2.75) is 6.18 Å². The molecule has 3 aromatic rings. The minimum Gasteiger partial charge on any atom is -0.496 e. The minimum atomic E-state index is -5.24. The van der Waals surface area contributed by atoms with E-state index < -0.39 is 52.3 Å². The van der Waals surface area contributed by atoms with Crippen molar-refractivity contribution in [2.24, 2.45) is 0 Å². The number of ether oxygens (including phenoxy) is 3. The molecule has 184 valence electrons. The van der Waals surface area contributed by atoms with E-state index in [1.807, 2.05) is 0 Å². The van der Waals surface area contributed by atoms with Crippen LogP contribution in [0.4, 0.5) is 27.6 Å². The molecule has 2 aromatic carbocycles. The molecule has 0 atom stereocenters. The minimum absolute atomic E-state index is 0.111. The van der Waals surface area contributed by atoms with Gasteiger partial charge in [-0.05, 0) is 30.3 Å². The van der Waals surface area contributed by atoms with Crippen molar-refractivity contribution in [1.82, 2.24) is 4.98 Å². The van der Waals surface area contributed by atoms with Gasteiger partial charge in [-0.3, -0.25) is 4.79 Å². The number of methoxy groups -OCH3 is 2. The number of nitrogens with zero attached hydrogens (tertiary/aromatic N) is 1. The number of esters is 1. The zero-order chi connectivity index (χ0) is 25.9. The molecule has 0 aliphatic rings. The fourth-order valence-corrected chi connectivity index (χ4v) is 3.12. The maximum Gasteiger partial charge on any atom is 0.422 e. The Morgan fingerprint density at radius 3 is 2.31 bits per heavy atom. The number of benzene rings is 2. The molecule has 0 radical (unpaired) electrons. The van der Waals surface area contributed by atoms with Gasteiger partial charge in [-0.2, -0.15) is 13.2 Å². The van der Waals surface area contributed by atoms with Gasteiger partial charge in [0.05, 0.1) is 19.2 Å². The average Bonchev–Trinajstić information content (AvgIpc) is 2.79. The Balaban J connectivity index is 2.14. The number of hydrogen-bond donors (Lipinski definition) is 1. The van der Waals surface area contributed by atoms with Crippen molar-refractivity contribution in [3.05, 3.63) is 76.1 Å². The van der Waals surface area contributed by atoms with E-state index in [0.29, 0.717) is 6.07 Å². The van der Waals surface area contributed by atoms with E-state index in [-0.39, 0.29) is 22.2 Å². The fourth-order valence-electron chi connectivity index (χ4n) is 2.92. The molecule has 0 bridgehead atoms. The van der Waals surface area contributed by atoms with Crippen molar-refractivity contribution >= 4 is 29.2 Å². The summed E-state index contributed by atoms with van der Waals surface area (Å²) in [6, 6.07) is 5.73. The summed E-state index contributed by atoms with van der Waals surface area (Å²) in [7, 11) is 1.95. The maximum absolute atomic E-state index is 15.2. The predicted molar refractivity (Wildman–Crippen MR) is 113 cm³/mol. The number of nitrogens with one attached hydrogen (secondary N) is 1. The lowest BCUT2D eigenvalue weighted by Gasteiger charge is -2.19. The summed E-state index contributed by atoms with van der Waals surface area (Å²) in [6.45, 7) is 0. The number of anilines is 1. The van der Waals surface area contributed by atoms with Gasteiger partial charge in [0.15, 0.2) is 5.82 Å². The second kappa shape index (κ2) is 10.1. The molecular weight excluding hydrogens is 503 g/mol. The van der Waals surface area contributed by atoms with Crippen LogP contribution in [0.2, 0.25) is 5.02 Å². The van der Waals surface area contributed by atoms with E-state index in [2.05, 4.69) is 19.8 Å². The van der Waals surface area contributed by atoms with Crippen LogP contribution in [0.5, 0.6) is 17.2 Å². The number of halogens is 6. The molecule has 0 saturated carbocycles. The number of rotatable bonds is 6. The highest BCUT2D eigenvalue weighted by Crippen LogP contribution is 2.44. The number of carbonyl (C=O) groups excluding carboxylic acids is 2. The molecule has 0 unspecified atom stereocenters. The van der Waals surface area contributed by atoms with Gasteiger partial charge in [0.2, 0.25) is 0 Å².